The van der Waals surface area contributed by atoms with Crippen molar-refractivity contribution in [1.82, 2.24) is 0 Å². The second-order valence-corrected chi connectivity index (χ2v) is 4.40. The van der Waals surface area contributed by atoms with Gasteiger partial charge in [0.25, 0.3) is 0 Å². The van der Waals surface area contributed by atoms with Gasteiger partial charge in [-0.1, -0.05) is 0 Å². The van der Waals surface area contributed by atoms with Crippen LogP contribution < -0.4 is 4.74 Å². The summed E-state index contributed by atoms with van der Waals surface area (Å²) in [6.45, 7) is 2.27. The molecule has 4 nitrogen and oxygen atoms in total. The van der Waals surface area contributed by atoms with E-state index >= 15 is 0 Å². The lowest BCUT2D eigenvalue weighted by Crippen LogP contribution is -2.18. The molecule has 1 aliphatic rings. The molecule has 1 aliphatic heterocycles. The monoisotopic (exact) mass is 254 g/mol. The van der Waals surface area contributed by atoms with Crippen LogP contribution >= 0.6 is 0 Å². The summed E-state index contributed by atoms with van der Waals surface area (Å²) in [7, 11) is 0. The highest BCUT2D eigenvalue weighted by atomic mass is 19.1. The number of halogens is 1. The first-order valence-electron chi connectivity index (χ1n) is 5.87. The van der Waals surface area contributed by atoms with Gasteiger partial charge in [-0.15, -0.1) is 0 Å². The van der Waals surface area contributed by atoms with Gasteiger partial charge in [-0.05, 0) is 38.0 Å². The highest BCUT2D eigenvalue weighted by Gasteiger charge is 2.23. The number of carboxylic acids is 1. The summed E-state index contributed by atoms with van der Waals surface area (Å²) in [4.78, 5) is 10.9. The van der Waals surface area contributed by atoms with Gasteiger partial charge in [0.2, 0.25) is 0 Å². The fourth-order valence-electron chi connectivity index (χ4n) is 1.99. The highest BCUT2D eigenvalue weighted by Crippen LogP contribution is 2.23. The molecular formula is C13H15FO4. The second-order valence-electron chi connectivity index (χ2n) is 4.40. The molecule has 2 rings (SSSR count). The third-order valence-electron chi connectivity index (χ3n) is 2.92. The van der Waals surface area contributed by atoms with Crippen molar-refractivity contribution in [3.05, 3.63) is 29.6 Å². The van der Waals surface area contributed by atoms with E-state index in [0.29, 0.717) is 0 Å². The maximum atomic E-state index is 13.0. The molecule has 1 N–H and O–H groups in total. The molecule has 2 unspecified atom stereocenters. The lowest BCUT2D eigenvalue weighted by Gasteiger charge is -2.14. The third-order valence-corrected chi connectivity index (χ3v) is 2.92. The third kappa shape index (κ3) is 2.98. The van der Waals surface area contributed by atoms with Crippen molar-refractivity contribution in [2.24, 2.45) is 0 Å². The Balaban J connectivity index is 2.02. The van der Waals surface area contributed by atoms with Gasteiger partial charge < -0.3 is 14.6 Å². The minimum Gasteiger partial charge on any atom is -0.490 e. The van der Waals surface area contributed by atoms with E-state index in [-0.39, 0.29) is 30.1 Å². The first kappa shape index (κ1) is 12.8. The first-order chi connectivity index (χ1) is 8.56. The zero-order chi connectivity index (χ0) is 13.1. The zero-order valence-corrected chi connectivity index (χ0v) is 10.1. The van der Waals surface area contributed by atoms with Crippen molar-refractivity contribution in [3.8, 4) is 5.75 Å². The Morgan fingerprint density at radius 3 is 2.94 bits per heavy atom. The molecule has 98 valence electrons. The van der Waals surface area contributed by atoms with E-state index in [0.717, 1.165) is 18.9 Å². The zero-order valence-electron chi connectivity index (χ0n) is 10.1. The minimum absolute atomic E-state index is 0.0216. The van der Waals surface area contributed by atoms with Gasteiger partial charge in [0, 0.05) is 0 Å². The molecule has 1 aromatic rings. The van der Waals surface area contributed by atoms with Gasteiger partial charge in [-0.25, -0.2) is 9.18 Å². The maximum Gasteiger partial charge on any atom is 0.339 e. The molecule has 2 atom stereocenters. The van der Waals surface area contributed by atoms with Crippen molar-refractivity contribution in [2.75, 3.05) is 6.61 Å². The number of ether oxygens (including phenoxy) is 2. The Kier molecular flexibility index (Phi) is 3.81. The second kappa shape index (κ2) is 5.35. The number of benzene rings is 1. The van der Waals surface area contributed by atoms with E-state index in [2.05, 4.69) is 0 Å². The van der Waals surface area contributed by atoms with Crippen LogP contribution in [0, 0.1) is 5.82 Å². The molecule has 0 saturated carbocycles. The summed E-state index contributed by atoms with van der Waals surface area (Å²) in [5.41, 5.74) is -0.166. The molecule has 1 fully saturated rings. The van der Waals surface area contributed by atoms with Crippen molar-refractivity contribution < 1.29 is 23.8 Å². The Labute approximate surface area is 104 Å². The van der Waals surface area contributed by atoms with Gasteiger partial charge in [0.1, 0.15) is 23.7 Å². The lowest BCUT2D eigenvalue weighted by atomic mass is 10.2. The van der Waals surface area contributed by atoms with Crippen molar-refractivity contribution in [1.29, 1.82) is 0 Å². The van der Waals surface area contributed by atoms with E-state index in [1.807, 2.05) is 6.92 Å². The predicted octanol–water partition coefficient (Wildman–Crippen LogP) is 2.47. The largest absolute Gasteiger partial charge is 0.490 e. The summed E-state index contributed by atoms with van der Waals surface area (Å²) in [6, 6.07) is 3.47. The van der Waals surface area contributed by atoms with Crippen LogP contribution in [0.4, 0.5) is 4.39 Å². The molecule has 0 aliphatic carbocycles. The molecule has 18 heavy (non-hydrogen) atoms. The molecule has 5 heteroatoms. The summed E-state index contributed by atoms with van der Waals surface area (Å²) < 4.78 is 23.9. The van der Waals surface area contributed by atoms with Crippen LogP contribution in [0.1, 0.15) is 30.1 Å². The van der Waals surface area contributed by atoms with Crippen LogP contribution in [-0.4, -0.2) is 29.9 Å². The van der Waals surface area contributed by atoms with Gasteiger partial charge in [-0.2, -0.15) is 0 Å². The molecule has 1 aromatic carbocycles. The Morgan fingerprint density at radius 1 is 1.56 bits per heavy atom. The standard InChI is InChI=1S/C13H15FO4/c1-8-2-4-10(18-8)7-17-12-5-3-9(14)6-11(12)13(15)16/h3,5-6,8,10H,2,4,7H2,1H3,(H,15,16). The molecule has 0 bridgehead atoms. The number of aromatic carboxylic acids is 1. The lowest BCUT2D eigenvalue weighted by molar-refractivity contribution is 0.0259. The Hall–Kier alpha value is -1.62. The molecule has 0 aromatic heterocycles. The quantitative estimate of drug-likeness (QED) is 0.896. The van der Waals surface area contributed by atoms with E-state index < -0.39 is 11.8 Å². The van der Waals surface area contributed by atoms with Crippen LogP contribution in [0.25, 0.3) is 0 Å². The normalized spacial score (nSPS) is 23.0. The molecule has 0 amide bonds. The van der Waals surface area contributed by atoms with Crippen molar-refractivity contribution in [2.45, 2.75) is 32.0 Å². The minimum atomic E-state index is -1.20. The fourth-order valence-corrected chi connectivity index (χ4v) is 1.99. The van der Waals surface area contributed by atoms with E-state index in [1.165, 1.54) is 12.1 Å². The molecular weight excluding hydrogens is 239 g/mol. The van der Waals surface area contributed by atoms with Crippen LogP contribution in [0.2, 0.25) is 0 Å². The Morgan fingerprint density at radius 2 is 2.33 bits per heavy atom. The van der Waals surface area contributed by atoms with Gasteiger partial charge in [0.15, 0.2) is 0 Å². The number of hydrogen-bond donors (Lipinski definition) is 1. The molecule has 1 heterocycles. The highest BCUT2D eigenvalue weighted by molar-refractivity contribution is 5.90. The van der Waals surface area contributed by atoms with E-state index in [4.69, 9.17) is 14.6 Å². The Bertz CT molecular complexity index is 447. The van der Waals surface area contributed by atoms with Crippen molar-refractivity contribution >= 4 is 5.97 Å². The summed E-state index contributed by atoms with van der Waals surface area (Å²) in [6.07, 6.45) is 2.06. The number of hydrogen-bond acceptors (Lipinski definition) is 3. The molecule has 0 spiro atoms. The predicted molar refractivity (Wildman–Crippen MR) is 62.4 cm³/mol. The maximum absolute atomic E-state index is 13.0. The van der Waals surface area contributed by atoms with Crippen molar-refractivity contribution in [3.63, 3.8) is 0 Å². The molecule has 1 saturated heterocycles. The molecule has 0 radical (unpaired) electrons. The summed E-state index contributed by atoms with van der Waals surface area (Å²) >= 11 is 0. The van der Waals surface area contributed by atoms with Gasteiger partial charge in [0.05, 0.1) is 12.2 Å². The fraction of sp³-hybridized carbons (Fsp3) is 0.462. The SMILES string of the molecule is CC1CCC(COc2ccc(F)cc2C(=O)O)O1. The summed E-state index contributed by atoms with van der Waals surface area (Å²) in [5.74, 6) is -1.62. The van der Waals surface area contributed by atoms with Crippen LogP contribution in [0.15, 0.2) is 18.2 Å². The van der Waals surface area contributed by atoms with Crippen LogP contribution in [-0.2, 0) is 4.74 Å². The smallest absolute Gasteiger partial charge is 0.339 e. The van der Waals surface area contributed by atoms with E-state index in [9.17, 15) is 9.18 Å². The van der Waals surface area contributed by atoms with Gasteiger partial charge in [-0.3, -0.25) is 0 Å². The number of carbonyl (C=O) groups is 1. The van der Waals surface area contributed by atoms with E-state index in [1.54, 1.807) is 0 Å². The first-order valence-corrected chi connectivity index (χ1v) is 5.87. The topological polar surface area (TPSA) is 55.8 Å². The average molecular weight is 254 g/mol. The van der Waals surface area contributed by atoms with Crippen LogP contribution in [0.5, 0.6) is 5.75 Å². The number of carboxylic acid groups (broad SMARTS) is 1. The summed E-state index contributed by atoms with van der Waals surface area (Å²) in [5, 5.41) is 8.95. The van der Waals surface area contributed by atoms with Crippen LogP contribution in [0.3, 0.4) is 0 Å². The average Bonchev–Trinajstić information content (AvgIpc) is 2.73. The van der Waals surface area contributed by atoms with Gasteiger partial charge >= 0.3 is 5.97 Å². The number of rotatable bonds is 4.